The largest absolute Gasteiger partial charge is 0.497 e. The molecule has 2 atom stereocenters. The zero-order valence-corrected chi connectivity index (χ0v) is 22.1. The van der Waals surface area contributed by atoms with Crippen LogP contribution in [0.5, 0.6) is 17.2 Å². The summed E-state index contributed by atoms with van der Waals surface area (Å²) in [6.07, 6.45) is 4.75. The predicted molar refractivity (Wildman–Crippen MR) is 148 cm³/mol. The Kier molecular flexibility index (Phi) is 8.21. The fourth-order valence-corrected chi connectivity index (χ4v) is 5.02. The zero-order valence-electron chi connectivity index (χ0n) is 22.1. The van der Waals surface area contributed by atoms with E-state index < -0.39 is 0 Å². The van der Waals surface area contributed by atoms with Crippen LogP contribution in [-0.2, 0) is 17.9 Å². The van der Waals surface area contributed by atoms with Crippen molar-refractivity contribution < 1.29 is 18.9 Å². The SMILES string of the molecule is COc1ccc(CNc2ncc(C3CCNCC3OCc3cc(OC)c4ccccc4c3OC)cn2)cc1. The lowest BCUT2D eigenvalue weighted by molar-refractivity contribution is 0.00970. The topological polar surface area (TPSA) is 86.8 Å². The van der Waals surface area contributed by atoms with Gasteiger partial charge in [0.25, 0.3) is 0 Å². The van der Waals surface area contributed by atoms with Gasteiger partial charge in [0.1, 0.15) is 17.2 Å². The molecule has 2 N–H and O–H groups in total. The van der Waals surface area contributed by atoms with Crippen molar-refractivity contribution in [3.8, 4) is 17.2 Å². The fraction of sp³-hybridized carbons (Fsp3) is 0.333. The summed E-state index contributed by atoms with van der Waals surface area (Å²) in [5.41, 5.74) is 3.17. The van der Waals surface area contributed by atoms with Gasteiger partial charge in [-0.05, 0) is 42.3 Å². The minimum atomic E-state index is -0.0207. The fourth-order valence-electron chi connectivity index (χ4n) is 5.02. The molecule has 8 nitrogen and oxygen atoms in total. The van der Waals surface area contributed by atoms with Crippen LogP contribution in [0.1, 0.15) is 29.0 Å². The maximum absolute atomic E-state index is 6.50. The highest BCUT2D eigenvalue weighted by Crippen LogP contribution is 2.38. The summed E-state index contributed by atoms with van der Waals surface area (Å²) in [4.78, 5) is 9.16. The van der Waals surface area contributed by atoms with Crippen molar-refractivity contribution in [2.24, 2.45) is 0 Å². The van der Waals surface area contributed by atoms with Crippen LogP contribution in [-0.4, -0.2) is 50.5 Å². The Morgan fingerprint density at radius 3 is 2.39 bits per heavy atom. The number of nitrogens with one attached hydrogen (secondary N) is 2. The molecule has 1 aliphatic rings. The van der Waals surface area contributed by atoms with E-state index >= 15 is 0 Å². The Labute approximate surface area is 223 Å². The van der Waals surface area contributed by atoms with Crippen molar-refractivity contribution in [1.82, 2.24) is 15.3 Å². The first-order chi connectivity index (χ1) is 18.7. The van der Waals surface area contributed by atoms with Gasteiger partial charge in [0, 0.05) is 47.7 Å². The lowest BCUT2D eigenvalue weighted by atomic mass is 9.89. The van der Waals surface area contributed by atoms with Crippen LogP contribution in [0.25, 0.3) is 10.8 Å². The van der Waals surface area contributed by atoms with E-state index in [-0.39, 0.29) is 12.0 Å². The van der Waals surface area contributed by atoms with Gasteiger partial charge >= 0.3 is 0 Å². The van der Waals surface area contributed by atoms with Crippen LogP contribution in [0, 0.1) is 0 Å². The number of methoxy groups -OCH3 is 3. The van der Waals surface area contributed by atoms with Gasteiger partial charge in [0.15, 0.2) is 0 Å². The monoisotopic (exact) mass is 514 g/mol. The molecule has 1 aromatic heterocycles. The van der Waals surface area contributed by atoms with Crippen molar-refractivity contribution >= 4 is 16.7 Å². The van der Waals surface area contributed by atoms with E-state index in [9.17, 15) is 0 Å². The molecular formula is C30H34N4O4. The van der Waals surface area contributed by atoms with E-state index in [4.69, 9.17) is 18.9 Å². The Bertz CT molecular complexity index is 1350. The summed E-state index contributed by atoms with van der Waals surface area (Å²) in [5.74, 6) is 3.26. The van der Waals surface area contributed by atoms with Crippen LogP contribution in [0.4, 0.5) is 5.95 Å². The number of rotatable bonds is 10. The maximum atomic E-state index is 6.50. The minimum Gasteiger partial charge on any atom is -0.497 e. The maximum Gasteiger partial charge on any atom is 0.222 e. The smallest absolute Gasteiger partial charge is 0.222 e. The lowest BCUT2D eigenvalue weighted by Crippen LogP contribution is -2.41. The molecule has 8 heteroatoms. The summed E-state index contributed by atoms with van der Waals surface area (Å²) in [7, 11) is 5.05. The third kappa shape index (κ3) is 5.66. The van der Waals surface area contributed by atoms with Crippen molar-refractivity contribution in [1.29, 1.82) is 0 Å². The van der Waals surface area contributed by atoms with Gasteiger partial charge in [0.05, 0.1) is 34.0 Å². The first kappa shape index (κ1) is 25.8. The molecule has 0 bridgehead atoms. The molecule has 0 spiro atoms. The first-order valence-corrected chi connectivity index (χ1v) is 12.8. The van der Waals surface area contributed by atoms with E-state index in [2.05, 4.69) is 20.6 Å². The molecule has 1 aliphatic heterocycles. The first-order valence-electron chi connectivity index (χ1n) is 12.8. The summed E-state index contributed by atoms with van der Waals surface area (Å²) < 4.78 is 23.2. The van der Waals surface area contributed by atoms with Crippen molar-refractivity contribution in [2.45, 2.75) is 31.6 Å². The number of benzene rings is 3. The van der Waals surface area contributed by atoms with Crippen LogP contribution in [0.2, 0.25) is 0 Å². The quantitative estimate of drug-likeness (QED) is 0.308. The third-order valence-corrected chi connectivity index (χ3v) is 7.05. The average Bonchev–Trinajstić information content (AvgIpc) is 2.99. The Morgan fingerprint density at radius 1 is 0.921 bits per heavy atom. The number of anilines is 1. The molecule has 2 unspecified atom stereocenters. The molecule has 4 aromatic rings. The number of ether oxygens (including phenoxy) is 4. The van der Waals surface area contributed by atoms with Crippen LogP contribution >= 0.6 is 0 Å². The molecule has 1 fully saturated rings. The molecule has 1 saturated heterocycles. The Hall–Kier alpha value is -3.88. The van der Waals surface area contributed by atoms with Gasteiger partial charge in [-0.25, -0.2) is 9.97 Å². The number of nitrogens with zero attached hydrogens (tertiary/aromatic N) is 2. The molecule has 0 saturated carbocycles. The molecular weight excluding hydrogens is 480 g/mol. The van der Waals surface area contributed by atoms with E-state index in [1.165, 1.54) is 0 Å². The van der Waals surface area contributed by atoms with Crippen molar-refractivity contribution in [3.63, 3.8) is 0 Å². The predicted octanol–water partition coefficient (Wildman–Crippen LogP) is 4.93. The second kappa shape index (κ2) is 12.1. The number of hydrogen-bond donors (Lipinski definition) is 2. The van der Waals surface area contributed by atoms with Gasteiger partial charge in [-0.2, -0.15) is 0 Å². The van der Waals surface area contributed by atoms with Gasteiger partial charge in [-0.3, -0.25) is 0 Å². The summed E-state index contributed by atoms with van der Waals surface area (Å²) in [6.45, 7) is 2.74. The van der Waals surface area contributed by atoms with Crippen LogP contribution in [0.3, 0.4) is 0 Å². The highest BCUT2D eigenvalue weighted by molar-refractivity contribution is 5.94. The van der Waals surface area contributed by atoms with Crippen LogP contribution in [0.15, 0.2) is 67.0 Å². The van der Waals surface area contributed by atoms with Gasteiger partial charge in [-0.1, -0.05) is 36.4 Å². The molecule has 0 amide bonds. The van der Waals surface area contributed by atoms with Gasteiger partial charge in [-0.15, -0.1) is 0 Å². The van der Waals surface area contributed by atoms with E-state index in [1.807, 2.05) is 67.0 Å². The van der Waals surface area contributed by atoms with E-state index in [0.717, 1.165) is 64.2 Å². The number of aromatic nitrogens is 2. The number of piperidine rings is 1. The molecule has 2 heterocycles. The minimum absolute atomic E-state index is 0.0207. The summed E-state index contributed by atoms with van der Waals surface area (Å²) in [5, 5.41) is 8.79. The lowest BCUT2D eigenvalue weighted by Gasteiger charge is -2.32. The van der Waals surface area contributed by atoms with Gasteiger partial charge < -0.3 is 29.6 Å². The second-order valence-corrected chi connectivity index (χ2v) is 9.31. The molecule has 3 aromatic carbocycles. The van der Waals surface area contributed by atoms with Crippen molar-refractivity contribution in [2.75, 3.05) is 39.7 Å². The number of fused-ring (bicyclic) bond motifs is 1. The molecule has 0 radical (unpaired) electrons. The highest BCUT2D eigenvalue weighted by atomic mass is 16.5. The summed E-state index contributed by atoms with van der Waals surface area (Å²) in [6, 6.07) is 18.0. The number of hydrogen-bond acceptors (Lipinski definition) is 8. The Morgan fingerprint density at radius 2 is 1.68 bits per heavy atom. The standard InChI is InChI=1S/C30H34N4O4/c1-35-23-10-8-20(9-11-23)15-32-30-33-16-22(17-34-30)24-12-13-31-18-28(24)38-19-21-14-27(36-2)25-6-4-5-7-26(25)29(21)37-3/h4-11,14,16-17,24,28,31H,12-13,15,18-19H2,1-3H3,(H,32,33,34). The van der Waals surface area contributed by atoms with E-state index in [1.54, 1.807) is 21.3 Å². The third-order valence-electron chi connectivity index (χ3n) is 7.05. The normalized spacial score (nSPS) is 17.2. The van der Waals surface area contributed by atoms with E-state index in [0.29, 0.717) is 19.1 Å². The van der Waals surface area contributed by atoms with Gasteiger partial charge in [0.2, 0.25) is 5.95 Å². The second-order valence-electron chi connectivity index (χ2n) is 9.31. The molecule has 5 rings (SSSR count). The molecule has 38 heavy (non-hydrogen) atoms. The van der Waals surface area contributed by atoms with Crippen LogP contribution < -0.4 is 24.8 Å². The molecule has 0 aliphatic carbocycles. The summed E-state index contributed by atoms with van der Waals surface area (Å²) >= 11 is 0. The Balaban J connectivity index is 1.27. The zero-order chi connectivity index (χ0) is 26.3. The van der Waals surface area contributed by atoms with Crippen molar-refractivity contribution in [3.05, 3.63) is 83.7 Å². The highest BCUT2D eigenvalue weighted by Gasteiger charge is 2.28. The average molecular weight is 515 g/mol. The molecule has 198 valence electrons.